The number of carbonyl (C=O) groups is 1. The highest BCUT2D eigenvalue weighted by atomic mass is 32.2. The van der Waals surface area contributed by atoms with Crippen molar-refractivity contribution in [2.24, 2.45) is 0 Å². The van der Waals surface area contributed by atoms with Crippen molar-refractivity contribution in [2.45, 2.75) is 42.0 Å². The van der Waals surface area contributed by atoms with Crippen LogP contribution >= 0.6 is 23.5 Å². The van der Waals surface area contributed by atoms with Crippen LogP contribution < -0.4 is 0 Å². The van der Waals surface area contributed by atoms with Gasteiger partial charge in [-0.25, -0.2) is 0 Å². The third-order valence-corrected chi connectivity index (χ3v) is 7.06. The molecule has 156 valence electrons. The summed E-state index contributed by atoms with van der Waals surface area (Å²) in [6.45, 7) is 3.85. The van der Waals surface area contributed by atoms with Crippen LogP contribution in [0.3, 0.4) is 0 Å². The van der Waals surface area contributed by atoms with Gasteiger partial charge in [0.25, 0.3) is 0 Å². The van der Waals surface area contributed by atoms with Gasteiger partial charge < -0.3 is 4.90 Å². The Morgan fingerprint density at radius 1 is 0.933 bits per heavy atom. The number of amides is 1. The molecule has 1 aliphatic rings. The van der Waals surface area contributed by atoms with Crippen molar-refractivity contribution in [3.8, 4) is 5.69 Å². The lowest BCUT2D eigenvalue weighted by Gasteiger charge is -2.26. The molecule has 0 unspecified atom stereocenters. The molecule has 0 aliphatic carbocycles. The molecule has 0 bridgehead atoms. The minimum absolute atomic E-state index is 0.192. The summed E-state index contributed by atoms with van der Waals surface area (Å²) in [5.41, 5.74) is 2.28. The highest BCUT2D eigenvalue weighted by Gasteiger charge is 2.20. The van der Waals surface area contributed by atoms with Crippen molar-refractivity contribution in [1.29, 1.82) is 0 Å². The standard InChI is InChI=1S/C23H26N4OS2/c1-18-10-12-20(13-11-18)29-16-21-24-25-23(27(21)19-8-4-2-5-9-19)30-17-22(28)26-14-6-3-7-15-26/h2,4-5,8-13H,3,6-7,14-17H2,1H3. The van der Waals surface area contributed by atoms with E-state index in [2.05, 4.69) is 58.1 Å². The first kappa shape index (κ1) is 21.0. The van der Waals surface area contributed by atoms with Gasteiger partial charge in [0.15, 0.2) is 5.16 Å². The van der Waals surface area contributed by atoms with Crippen LogP contribution in [0.5, 0.6) is 0 Å². The summed E-state index contributed by atoms with van der Waals surface area (Å²) in [5.74, 6) is 2.19. The molecule has 1 saturated heterocycles. The predicted molar refractivity (Wildman–Crippen MR) is 123 cm³/mol. The highest BCUT2D eigenvalue weighted by Crippen LogP contribution is 2.28. The van der Waals surface area contributed by atoms with E-state index in [1.807, 2.05) is 23.1 Å². The first-order valence-corrected chi connectivity index (χ1v) is 12.3. The van der Waals surface area contributed by atoms with E-state index in [-0.39, 0.29) is 5.91 Å². The number of aromatic nitrogens is 3. The molecule has 30 heavy (non-hydrogen) atoms. The first-order valence-electron chi connectivity index (χ1n) is 10.3. The van der Waals surface area contributed by atoms with Crippen LogP contribution in [-0.4, -0.2) is 44.4 Å². The van der Waals surface area contributed by atoms with Gasteiger partial charge in [0.1, 0.15) is 5.82 Å². The quantitative estimate of drug-likeness (QED) is 0.487. The fourth-order valence-corrected chi connectivity index (χ4v) is 5.15. The molecule has 0 saturated carbocycles. The molecule has 5 nitrogen and oxygen atoms in total. The minimum Gasteiger partial charge on any atom is -0.342 e. The van der Waals surface area contributed by atoms with Gasteiger partial charge in [-0.15, -0.1) is 22.0 Å². The largest absolute Gasteiger partial charge is 0.342 e. The Hall–Kier alpha value is -2.25. The molecule has 0 radical (unpaired) electrons. The van der Waals surface area contributed by atoms with E-state index < -0.39 is 0 Å². The van der Waals surface area contributed by atoms with Crippen LogP contribution in [0.25, 0.3) is 5.69 Å². The monoisotopic (exact) mass is 438 g/mol. The van der Waals surface area contributed by atoms with Crippen molar-refractivity contribution in [2.75, 3.05) is 18.8 Å². The zero-order valence-corrected chi connectivity index (χ0v) is 18.8. The van der Waals surface area contributed by atoms with E-state index in [1.165, 1.54) is 28.6 Å². The Morgan fingerprint density at radius 2 is 1.67 bits per heavy atom. The van der Waals surface area contributed by atoms with Crippen molar-refractivity contribution in [3.63, 3.8) is 0 Å². The second kappa shape index (κ2) is 10.2. The number of hydrogen-bond donors (Lipinski definition) is 0. The summed E-state index contributed by atoms with van der Waals surface area (Å²) in [5, 5.41) is 9.66. The van der Waals surface area contributed by atoms with E-state index in [0.717, 1.165) is 42.6 Å². The summed E-state index contributed by atoms with van der Waals surface area (Å²) >= 11 is 3.22. The number of likely N-dealkylation sites (tertiary alicyclic amines) is 1. The van der Waals surface area contributed by atoms with Crippen LogP contribution in [0.15, 0.2) is 64.6 Å². The Balaban J connectivity index is 1.50. The molecule has 1 aromatic heterocycles. The van der Waals surface area contributed by atoms with E-state index >= 15 is 0 Å². The topological polar surface area (TPSA) is 51.0 Å². The van der Waals surface area contributed by atoms with Gasteiger partial charge in [0.05, 0.1) is 11.5 Å². The lowest BCUT2D eigenvalue weighted by molar-refractivity contribution is -0.129. The van der Waals surface area contributed by atoms with Gasteiger partial charge in [0, 0.05) is 23.7 Å². The van der Waals surface area contributed by atoms with Gasteiger partial charge in [-0.05, 0) is 50.5 Å². The van der Waals surface area contributed by atoms with E-state index in [1.54, 1.807) is 11.8 Å². The lowest BCUT2D eigenvalue weighted by Crippen LogP contribution is -2.36. The Morgan fingerprint density at radius 3 is 2.40 bits per heavy atom. The smallest absolute Gasteiger partial charge is 0.233 e. The molecule has 0 spiro atoms. The average Bonchev–Trinajstić information content (AvgIpc) is 3.21. The molecule has 2 heterocycles. The first-order chi connectivity index (χ1) is 14.7. The van der Waals surface area contributed by atoms with Gasteiger partial charge in [0.2, 0.25) is 5.91 Å². The number of rotatable bonds is 7. The minimum atomic E-state index is 0.192. The molecule has 0 N–H and O–H groups in total. The third-order valence-electron chi connectivity index (χ3n) is 5.14. The molecular weight excluding hydrogens is 412 g/mol. The molecule has 3 aromatic rings. The van der Waals surface area contributed by atoms with Crippen molar-refractivity contribution in [3.05, 3.63) is 66.0 Å². The van der Waals surface area contributed by atoms with E-state index in [9.17, 15) is 4.79 Å². The molecule has 4 rings (SSSR count). The second-order valence-corrected chi connectivity index (χ2v) is 9.39. The molecule has 2 aromatic carbocycles. The van der Waals surface area contributed by atoms with Gasteiger partial charge in [-0.1, -0.05) is 47.7 Å². The maximum Gasteiger partial charge on any atom is 0.233 e. The fourth-order valence-electron chi connectivity index (χ4n) is 3.47. The van der Waals surface area contributed by atoms with Gasteiger partial charge in [-0.3, -0.25) is 9.36 Å². The van der Waals surface area contributed by atoms with Crippen LogP contribution in [-0.2, 0) is 10.5 Å². The summed E-state index contributed by atoms with van der Waals surface area (Å²) < 4.78 is 2.08. The number of para-hydroxylation sites is 1. The maximum absolute atomic E-state index is 12.6. The normalized spacial score (nSPS) is 14.1. The Labute approximate surface area is 186 Å². The molecular formula is C23H26N4OS2. The van der Waals surface area contributed by atoms with Crippen molar-refractivity contribution >= 4 is 29.4 Å². The fraction of sp³-hybridized carbons (Fsp3) is 0.348. The van der Waals surface area contributed by atoms with Crippen LogP contribution in [0, 0.1) is 6.92 Å². The highest BCUT2D eigenvalue weighted by molar-refractivity contribution is 7.99. The summed E-state index contributed by atoms with van der Waals surface area (Å²) in [6, 6.07) is 18.7. The van der Waals surface area contributed by atoms with Crippen LogP contribution in [0.1, 0.15) is 30.7 Å². The third kappa shape index (κ3) is 5.26. The lowest BCUT2D eigenvalue weighted by atomic mass is 10.1. The maximum atomic E-state index is 12.6. The Kier molecular flexibility index (Phi) is 7.12. The van der Waals surface area contributed by atoms with Crippen LogP contribution in [0.4, 0.5) is 0 Å². The second-order valence-electron chi connectivity index (χ2n) is 7.40. The molecule has 0 atom stereocenters. The molecule has 7 heteroatoms. The van der Waals surface area contributed by atoms with Gasteiger partial charge in [-0.2, -0.15) is 0 Å². The number of piperidine rings is 1. The molecule has 1 fully saturated rings. The van der Waals surface area contributed by atoms with Crippen molar-refractivity contribution < 1.29 is 4.79 Å². The zero-order valence-electron chi connectivity index (χ0n) is 17.2. The van der Waals surface area contributed by atoms with Crippen LogP contribution in [0.2, 0.25) is 0 Å². The number of nitrogens with zero attached hydrogens (tertiary/aromatic N) is 4. The molecule has 1 aliphatic heterocycles. The number of aryl methyl sites for hydroxylation is 1. The van der Waals surface area contributed by atoms with Crippen molar-refractivity contribution in [1.82, 2.24) is 19.7 Å². The molecule has 1 amide bonds. The average molecular weight is 439 g/mol. The zero-order chi connectivity index (χ0) is 20.8. The number of benzene rings is 2. The Bertz CT molecular complexity index is 967. The van der Waals surface area contributed by atoms with E-state index in [4.69, 9.17) is 0 Å². The number of carbonyl (C=O) groups excluding carboxylic acids is 1. The summed E-state index contributed by atoms with van der Waals surface area (Å²) in [6.07, 6.45) is 3.44. The SMILES string of the molecule is Cc1ccc(SCc2nnc(SCC(=O)N3CCCCC3)n2-c2ccccc2)cc1. The number of thioether (sulfide) groups is 2. The number of hydrogen-bond acceptors (Lipinski definition) is 5. The summed E-state index contributed by atoms with van der Waals surface area (Å²) in [4.78, 5) is 15.8. The summed E-state index contributed by atoms with van der Waals surface area (Å²) in [7, 11) is 0. The predicted octanol–water partition coefficient (Wildman–Crippen LogP) is 4.97. The van der Waals surface area contributed by atoms with E-state index in [0.29, 0.717) is 11.5 Å². The van der Waals surface area contributed by atoms with Gasteiger partial charge >= 0.3 is 0 Å².